The molecule has 1 fully saturated rings. The van der Waals surface area contributed by atoms with Gasteiger partial charge in [-0.3, -0.25) is 4.79 Å². The number of carbonyl (C=O) groups excluding carboxylic acids is 1. The highest BCUT2D eigenvalue weighted by Gasteiger charge is 2.19. The molecular formula is C13H16F2N2O2. The van der Waals surface area contributed by atoms with E-state index in [9.17, 15) is 13.6 Å². The van der Waals surface area contributed by atoms with E-state index in [1.165, 1.54) is 31.0 Å². The molecule has 0 bridgehead atoms. The number of amides is 1. The number of hydrogen-bond donors (Lipinski definition) is 2. The van der Waals surface area contributed by atoms with Crippen LogP contribution in [-0.2, 0) is 0 Å². The molecule has 1 amide bonds. The summed E-state index contributed by atoms with van der Waals surface area (Å²) in [5.41, 5.74) is 0.310. The van der Waals surface area contributed by atoms with Crippen molar-refractivity contribution in [2.24, 2.45) is 0 Å². The SMILES string of the molecule is O=C(NCCNC1CC1)c1cccc(OC(F)F)c1. The van der Waals surface area contributed by atoms with Crippen LogP contribution in [0.1, 0.15) is 23.2 Å². The lowest BCUT2D eigenvalue weighted by atomic mass is 10.2. The van der Waals surface area contributed by atoms with Crippen molar-refractivity contribution in [1.82, 2.24) is 10.6 Å². The van der Waals surface area contributed by atoms with Gasteiger partial charge in [-0.1, -0.05) is 6.07 Å². The van der Waals surface area contributed by atoms with E-state index in [-0.39, 0.29) is 11.7 Å². The summed E-state index contributed by atoms with van der Waals surface area (Å²) >= 11 is 0. The van der Waals surface area contributed by atoms with Crippen molar-refractivity contribution < 1.29 is 18.3 Å². The molecule has 0 saturated heterocycles. The number of carbonyl (C=O) groups is 1. The Morgan fingerprint density at radius 2 is 2.16 bits per heavy atom. The summed E-state index contributed by atoms with van der Waals surface area (Å²) in [6.07, 6.45) is 2.39. The van der Waals surface area contributed by atoms with Crippen LogP contribution in [0.2, 0.25) is 0 Å². The summed E-state index contributed by atoms with van der Waals surface area (Å²) in [5.74, 6) is -0.309. The lowest BCUT2D eigenvalue weighted by Crippen LogP contribution is -2.32. The average Bonchev–Trinajstić information content (AvgIpc) is 3.18. The van der Waals surface area contributed by atoms with Crippen molar-refractivity contribution in [3.8, 4) is 5.75 Å². The molecule has 1 aliphatic carbocycles. The lowest BCUT2D eigenvalue weighted by Gasteiger charge is -2.08. The molecule has 1 aromatic rings. The van der Waals surface area contributed by atoms with Gasteiger partial charge in [0.2, 0.25) is 0 Å². The molecule has 0 spiro atoms. The Morgan fingerprint density at radius 1 is 1.37 bits per heavy atom. The van der Waals surface area contributed by atoms with Gasteiger partial charge in [-0.05, 0) is 31.0 Å². The van der Waals surface area contributed by atoms with Gasteiger partial charge in [-0.2, -0.15) is 8.78 Å². The van der Waals surface area contributed by atoms with E-state index in [1.807, 2.05) is 0 Å². The Morgan fingerprint density at radius 3 is 2.84 bits per heavy atom. The van der Waals surface area contributed by atoms with Crippen LogP contribution >= 0.6 is 0 Å². The number of hydrogen-bond acceptors (Lipinski definition) is 3. The molecule has 1 aliphatic rings. The Hall–Kier alpha value is -1.69. The van der Waals surface area contributed by atoms with E-state index in [2.05, 4.69) is 15.4 Å². The second-order valence-corrected chi connectivity index (χ2v) is 4.39. The maximum atomic E-state index is 12.1. The van der Waals surface area contributed by atoms with Crippen molar-refractivity contribution in [3.05, 3.63) is 29.8 Å². The summed E-state index contributed by atoms with van der Waals surface area (Å²) in [6, 6.07) is 6.35. The van der Waals surface area contributed by atoms with E-state index < -0.39 is 6.61 Å². The van der Waals surface area contributed by atoms with Crippen LogP contribution in [0.5, 0.6) is 5.75 Å². The highest BCUT2D eigenvalue weighted by Crippen LogP contribution is 2.18. The highest BCUT2D eigenvalue weighted by atomic mass is 19.3. The molecule has 1 aromatic carbocycles. The van der Waals surface area contributed by atoms with Crippen molar-refractivity contribution >= 4 is 5.91 Å². The number of benzene rings is 1. The van der Waals surface area contributed by atoms with Crippen molar-refractivity contribution in [1.29, 1.82) is 0 Å². The molecule has 0 unspecified atom stereocenters. The second-order valence-electron chi connectivity index (χ2n) is 4.39. The van der Waals surface area contributed by atoms with E-state index >= 15 is 0 Å². The van der Waals surface area contributed by atoms with Crippen molar-refractivity contribution in [2.75, 3.05) is 13.1 Å². The summed E-state index contributed by atoms with van der Waals surface area (Å²) in [6.45, 7) is -1.67. The van der Waals surface area contributed by atoms with Crippen molar-refractivity contribution in [3.63, 3.8) is 0 Å². The number of alkyl halides is 2. The van der Waals surface area contributed by atoms with Gasteiger partial charge in [0.15, 0.2) is 0 Å². The maximum absolute atomic E-state index is 12.1. The van der Waals surface area contributed by atoms with E-state index in [1.54, 1.807) is 6.07 Å². The summed E-state index contributed by atoms with van der Waals surface area (Å²) in [5, 5.41) is 5.98. The lowest BCUT2D eigenvalue weighted by molar-refractivity contribution is -0.0498. The molecule has 19 heavy (non-hydrogen) atoms. The molecule has 0 radical (unpaired) electrons. The van der Waals surface area contributed by atoms with E-state index in [0.29, 0.717) is 24.7 Å². The zero-order valence-electron chi connectivity index (χ0n) is 10.4. The minimum absolute atomic E-state index is 0.0150. The van der Waals surface area contributed by atoms with Crippen LogP contribution in [0.4, 0.5) is 8.78 Å². The standard InChI is InChI=1S/C13H16F2N2O2/c14-13(15)19-11-3-1-2-9(8-11)12(18)17-7-6-16-10-4-5-10/h1-3,8,10,13,16H,4-7H2,(H,17,18). The Bertz CT molecular complexity index is 436. The van der Waals surface area contributed by atoms with Crippen LogP contribution < -0.4 is 15.4 Å². The van der Waals surface area contributed by atoms with Gasteiger partial charge in [-0.25, -0.2) is 0 Å². The number of halogens is 2. The smallest absolute Gasteiger partial charge is 0.387 e. The number of rotatable bonds is 7. The molecule has 2 N–H and O–H groups in total. The predicted molar refractivity (Wildman–Crippen MR) is 66.4 cm³/mol. The Balaban J connectivity index is 1.79. The summed E-state index contributed by atoms with van der Waals surface area (Å²) < 4.78 is 28.3. The first-order valence-corrected chi connectivity index (χ1v) is 6.21. The van der Waals surface area contributed by atoms with Gasteiger partial charge in [0.05, 0.1) is 0 Å². The Kier molecular flexibility index (Phi) is 4.68. The summed E-state index contributed by atoms with van der Waals surface area (Å²) in [7, 11) is 0. The van der Waals surface area contributed by atoms with Gasteiger partial charge < -0.3 is 15.4 Å². The molecule has 1 saturated carbocycles. The van der Waals surface area contributed by atoms with Crippen LogP contribution in [0.3, 0.4) is 0 Å². The molecule has 104 valence electrons. The van der Waals surface area contributed by atoms with E-state index in [0.717, 1.165) is 0 Å². The first-order chi connectivity index (χ1) is 9.15. The molecule has 0 aromatic heterocycles. The number of ether oxygens (including phenoxy) is 1. The quantitative estimate of drug-likeness (QED) is 0.742. The molecule has 0 atom stereocenters. The Labute approximate surface area is 110 Å². The molecule has 0 aliphatic heterocycles. The minimum atomic E-state index is -2.89. The third-order valence-corrected chi connectivity index (χ3v) is 2.74. The zero-order chi connectivity index (χ0) is 13.7. The van der Waals surface area contributed by atoms with Crippen LogP contribution in [0.15, 0.2) is 24.3 Å². The molecule has 6 heteroatoms. The highest BCUT2D eigenvalue weighted by molar-refractivity contribution is 5.94. The molecule has 0 heterocycles. The maximum Gasteiger partial charge on any atom is 0.387 e. The molecular weight excluding hydrogens is 254 g/mol. The average molecular weight is 270 g/mol. The summed E-state index contributed by atoms with van der Waals surface area (Å²) in [4.78, 5) is 11.8. The van der Waals surface area contributed by atoms with Gasteiger partial charge in [0.25, 0.3) is 5.91 Å². The predicted octanol–water partition coefficient (Wildman–Crippen LogP) is 1.77. The van der Waals surface area contributed by atoms with Gasteiger partial charge in [-0.15, -0.1) is 0 Å². The zero-order valence-corrected chi connectivity index (χ0v) is 10.4. The first-order valence-electron chi connectivity index (χ1n) is 6.21. The van der Waals surface area contributed by atoms with Crippen molar-refractivity contribution in [2.45, 2.75) is 25.5 Å². The third-order valence-electron chi connectivity index (χ3n) is 2.74. The molecule has 2 rings (SSSR count). The van der Waals surface area contributed by atoms with Crippen LogP contribution in [-0.4, -0.2) is 31.7 Å². The van der Waals surface area contributed by atoms with Crippen LogP contribution in [0, 0.1) is 0 Å². The fourth-order valence-corrected chi connectivity index (χ4v) is 1.66. The third kappa shape index (κ3) is 4.82. The van der Waals surface area contributed by atoms with Gasteiger partial charge in [0.1, 0.15) is 5.75 Å². The van der Waals surface area contributed by atoms with Gasteiger partial charge in [0, 0.05) is 24.7 Å². The monoisotopic (exact) mass is 270 g/mol. The topological polar surface area (TPSA) is 50.4 Å². The van der Waals surface area contributed by atoms with E-state index in [4.69, 9.17) is 0 Å². The fourth-order valence-electron chi connectivity index (χ4n) is 1.66. The molecule has 4 nitrogen and oxygen atoms in total. The second kappa shape index (κ2) is 6.47. The number of nitrogens with one attached hydrogen (secondary N) is 2. The van der Waals surface area contributed by atoms with Gasteiger partial charge >= 0.3 is 6.61 Å². The van der Waals surface area contributed by atoms with Crippen LogP contribution in [0.25, 0.3) is 0 Å². The normalized spacial score (nSPS) is 14.5. The largest absolute Gasteiger partial charge is 0.435 e. The first kappa shape index (κ1) is 13.7. The minimum Gasteiger partial charge on any atom is -0.435 e. The fraction of sp³-hybridized carbons (Fsp3) is 0.462.